The van der Waals surface area contributed by atoms with Crippen LogP contribution in [-0.4, -0.2) is 129 Å². The topological polar surface area (TPSA) is 245 Å². The number of carbonyl (C=O) groups excluding carboxylic acids is 4. The van der Waals surface area contributed by atoms with E-state index in [0.29, 0.717) is 19.3 Å². The van der Waals surface area contributed by atoms with E-state index < -0.39 is 125 Å². The Morgan fingerprint density at radius 1 is 0.717 bits per heavy atom. The standard InChI is InChI=1S/C30H52O16/c1-5-9-11-13-21(35)41-16-18-26(45-22(36)14-12-10-6-2)27(43-19(33)7-3)28(44-20(34)8-4)30(42-18)46-29(40)25(39)24(38)23(37)17(32)15-31/h17-18,23-32,37-40H,5-16H2,1-4H3/t17-,18-,23-,24+,25+,26-,27+,28+,29?,30?/m1/s1/i3D,4D. The van der Waals surface area contributed by atoms with Crippen molar-refractivity contribution in [2.75, 3.05) is 13.2 Å². The van der Waals surface area contributed by atoms with Crippen molar-refractivity contribution in [2.24, 2.45) is 0 Å². The third-order valence-corrected chi connectivity index (χ3v) is 7.03. The Morgan fingerprint density at radius 3 is 1.80 bits per heavy atom. The first kappa shape index (κ1) is 38.0. The predicted molar refractivity (Wildman–Crippen MR) is 156 cm³/mol. The number of aliphatic hydroxyl groups excluding tert-OH is 6. The first-order valence-electron chi connectivity index (χ1n) is 16.9. The quantitative estimate of drug-likeness (QED) is 0.0376. The van der Waals surface area contributed by atoms with Gasteiger partial charge in [-0.3, -0.25) is 19.2 Å². The number of ether oxygens (including phenoxy) is 6. The van der Waals surface area contributed by atoms with E-state index in [9.17, 15) is 44.7 Å². The molecule has 1 saturated heterocycles. The van der Waals surface area contributed by atoms with E-state index in [4.69, 9.17) is 36.3 Å². The highest BCUT2D eigenvalue weighted by molar-refractivity contribution is 5.71. The molecule has 268 valence electrons. The monoisotopic (exact) mass is 670 g/mol. The van der Waals surface area contributed by atoms with Crippen LogP contribution in [0.3, 0.4) is 0 Å². The average Bonchev–Trinajstić information content (AvgIpc) is 3.05. The van der Waals surface area contributed by atoms with E-state index in [1.165, 1.54) is 0 Å². The highest BCUT2D eigenvalue weighted by Crippen LogP contribution is 2.32. The largest absolute Gasteiger partial charge is 0.463 e. The second-order valence-electron chi connectivity index (χ2n) is 10.8. The molecule has 0 radical (unpaired) electrons. The van der Waals surface area contributed by atoms with Gasteiger partial charge in [-0.25, -0.2) is 0 Å². The van der Waals surface area contributed by atoms with Gasteiger partial charge in [0.1, 0.15) is 37.1 Å². The summed E-state index contributed by atoms with van der Waals surface area (Å²) in [5, 5.41) is 60.1. The predicted octanol–water partition coefficient (Wildman–Crippen LogP) is -0.259. The van der Waals surface area contributed by atoms with Crippen molar-refractivity contribution in [1.82, 2.24) is 0 Å². The summed E-state index contributed by atoms with van der Waals surface area (Å²) in [6.45, 7) is 1.41. The van der Waals surface area contributed by atoms with Gasteiger partial charge in [0.15, 0.2) is 24.6 Å². The molecular formula is C30H52O16. The molecule has 1 aliphatic heterocycles. The summed E-state index contributed by atoms with van der Waals surface area (Å²) in [7, 11) is 0. The molecule has 1 aliphatic rings. The summed E-state index contributed by atoms with van der Waals surface area (Å²) in [6.07, 6.45) is -16.8. The highest BCUT2D eigenvalue weighted by Gasteiger charge is 2.54. The first-order chi connectivity index (χ1) is 22.8. The maximum atomic E-state index is 12.9. The molecule has 1 heterocycles. The Kier molecular flexibility index (Phi) is 18.3. The summed E-state index contributed by atoms with van der Waals surface area (Å²) in [6, 6.07) is 0. The van der Waals surface area contributed by atoms with Crippen LogP contribution in [0.1, 0.15) is 94.6 Å². The Balaban J connectivity index is 3.56. The highest BCUT2D eigenvalue weighted by atomic mass is 16.8. The fourth-order valence-corrected chi connectivity index (χ4v) is 4.37. The lowest BCUT2D eigenvalue weighted by molar-refractivity contribution is -0.349. The van der Waals surface area contributed by atoms with Gasteiger partial charge in [0, 0.05) is 28.4 Å². The van der Waals surface area contributed by atoms with Gasteiger partial charge in [0.2, 0.25) is 6.29 Å². The molecule has 16 heteroatoms. The second kappa shape index (κ2) is 22.2. The maximum absolute atomic E-state index is 12.9. The molecule has 0 amide bonds. The lowest BCUT2D eigenvalue weighted by Gasteiger charge is -2.45. The Morgan fingerprint density at radius 2 is 1.26 bits per heavy atom. The minimum absolute atomic E-state index is 0.0437. The molecule has 6 N–H and O–H groups in total. The first-order valence-corrected chi connectivity index (χ1v) is 15.5. The lowest BCUT2D eigenvalue weighted by atomic mass is 9.97. The van der Waals surface area contributed by atoms with E-state index in [1.807, 2.05) is 13.8 Å². The molecule has 0 aliphatic carbocycles. The van der Waals surface area contributed by atoms with Crippen LogP contribution in [0, 0.1) is 0 Å². The minimum atomic E-state index is -2.46. The molecule has 16 nitrogen and oxygen atoms in total. The number of hydrogen-bond donors (Lipinski definition) is 6. The summed E-state index contributed by atoms with van der Waals surface area (Å²) >= 11 is 0. The van der Waals surface area contributed by atoms with Crippen molar-refractivity contribution in [3.05, 3.63) is 0 Å². The van der Waals surface area contributed by atoms with Crippen LogP contribution in [-0.2, 0) is 47.6 Å². The van der Waals surface area contributed by atoms with Gasteiger partial charge >= 0.3 is 23.9 Å². The van der Waals surface area contributed by atoms with Crippen LogP contribution >= 0.6 is 0 Å². The Labute approximate surface area is 271 Å². The zero-order valence-corrected chi connectivity index (χ0v) is 26.4. The van der Waals surface area contributed by atoms with E-state index in [-0.39, 0.29) is 12.8 Å². The number of hydrogen-bond acceptors (Lipinski definition) is 16. The third-order valence-electron chi connectivity index (χ3n) is 7.03. The van der Waals surface area contributed by atoms with Crippen LogP contribution in [0.5, 0.6) is 0 Å². The van der Waals surface area contributed by atoms with Crippen molar-refractivity contribution >= 4 is 23.9 Å². The van der Waals surface area contributed by atoms with Crippen molar-refractivity contribution in [3.8, 4) is 0 Å². The van der Waals surface area contributed by atoms with Crippen molar-refractivity contribution in [2.45, 2.75) is 153 Å². The smallest absolute Gasteiger partial charge is 0.306 e. The SMILES string of the molecule is [2H]CCC(=O)O[C@H]1[C@H](OC(=O)CCCCC)[C@@H](COC(=O)CCCCC)OC(OC(O)[C@@H](O)[C@@H](O)[C@H](O)[C@H](O)CO)[C@H]1OC(=O)CC[2H]. The molecule has 0 aromatic heterocycles. The van der Waals surface area contributed by atoms with E-state index in [0.717, 1.165) is 19.3 Å². The Hall–Kier alpha value is -2.44. The third kappa shape index (κ3) is 13.7. The summed E-state index contributed by atoms with van der Waals surface area (Å²) < 4.78 is 48.0. The molecule has 0 spiro atoms. The van der Waals surface area contributed by atoms with Gasteiger partial charge in [0.05, 0.1) is 6.61 Å². The molecule has 0 aromatic rings. The van der Waals surface area contributed by atoms with E-state index in [1.54, 1.807) is 0 Å². The second-order valence-corrected chi connectivity index (χ2v) is 10.8. The van der Waals surface area contributed by atoms with Crippen LogP contribution in [0.2, 0.25) is 0 Å². The molecule has 0 saturated carbocycles. The van der Waals surface area contributed by atoms with Crippen LogP contribution in [0.25, 0.3) is 0 Å². The van der Waals surface area contributed by atoms with Gasteiger partial charge < -0.3 is 59.1 Å². The number of esters is 4. The van der Waals surface area contributed by atoms with E-state index >= 15 is 0 Å². The minimum Gasteiger partial charge on any atom is -0.463 e. The van der Waals surface area contributed by atoms with Gasteiger partial charge in [-0.15, -0.1) is 0 Å². The zero-order valence-electron chi connectivity index (χ0n) is 28.4. The van der Waals surface area contributed by atoms with Gasteiger partial charge in [-0.2, -0.15) is 0 Å². The normalized spacial score (nSPS) is 25.2. The van der Waals surface area contributed by atoms with Crippen LogP contribution < -0.4 is 0 Å². The Bertz CT molecular complexity index is 958. The number of aliphatic hydroxyl groups is 6. The number of carbonyl (C=O) groups is 4. The van der Waals surface area contributed by atoms with Crippen molar-refractivity contribution < 1.29 is 81.0 Å². The van der Waals surface area contributed by atoms with Crippen molar-refractivity contribution in [1.29, 1.82) is 0 Å². The average molecular weight is 671 g/mol. The fourth-order valence-electron chi connectivity index (χ4n) is 4.37. The van der Waals surface area contributed by atoms with Gasteiger partial charge in [0.25, 0.3) is 0 Å². The van der Waals surface area contributed by atoms with Gasteiger partial charge in [-0.05, 0) is 12.8 Å². The molecular weight excluding hydrogens is 616 g/mol. The summed E-state index contributed by atoms with van der Waals surface area (Å²) in [5.74, 6) is -3.42. The lowest BCUT2D eigenvalue weighted by Crippen LogP contribution is -2.64. The van der Waals surface area contributed by atoms with E-state index in [2.05, 4.69) is 0 Å². The molecule has 2 unspecified atom stereocenters. The fraction of sp³-hybridized carbons (Fsp3) is 0.867. The molecule has 10 atom stereocenters. The molecule has 1 fully saturated rings. The molecule has 0 aromatic carbocycles. The van der Waals surface area contributed by atoms with Crippen LogP contribution in [0.4, 0.5) is 0 Å². The zero-order chi connectivity index (χ0) is 36.2. The molecule has 0 bridgehead atoms. The van der Waals surface area contributed by atoms with Gasteiger partial charge in [-0.1, -0.05) is 53.3 Å². The molecule has 46 heavy (non-hydrogen) atoms. The summed E-state index contributed by atoms with van der Waals surface area (Å²) in [4.78, 5) is 50.7. The summed E-state index contributed by atoms with van der Waals surface area (Å²) in [5.41, 5.74) is 0. The van der Waals surface area contributed by atoms with Crippen LogP contribution in [0.15, 0.2) is 0 Å². The number of rotatable bonds is 22. The number of unbranched alkanes of at least 4 members (excludes halogenated alkanes) is 4. The maximum Gasteiger partial charge on any atom is 0.306 e. The molecule has 1 rings (SSSR count). The van der Waals surface area contributed by atoms with Crippen molar-refractivity contribution in [3.63, 3.8) is 0 Å².